The predicted octanol–water partition coefficient (Wildman–Crippen LogP) is 5.13. The first-order valence-corrected chi connectivity index (χ1v) is 8.40. The SMILES string of the molecule is CNC(c1cc(C)c(Br)cc1C)C1CC1c1ccccc1. The Balaban J connectivity index is 1.86. The highest BCUT2D eigenvalue weighted by molar-refractivity contribution is 9.10. The Labute approximate surface area is 135 Å². The van der Waals surface area contributed by atoms with Crippen LogP contribution in [0.15, 0.2) is 46.9 Å². The summed E-state index contributed by atoms with van der Waals surface area (Å²) in [6, 6.07) is 15.9. The van der Waals surface area contributed by atoms with Crippen LogP contribution in [0.4, 0.5) is 0 Å². The van der Waals surface area contributed by atoms with Gasteiger partial charge in [0.05, 0.1) is 0 Å². The fourth-order valence-corrected chi connectivity index (χ4v) is 3.86. The van der Waals surface area contributed by atoms with Crippen LogP contribution in [0.3, 0.4) is 0 Å². The Morgan fingerprint density at radius 2 is 1.81 bits per heavy atom. The summed E-state index contributed by atoms with van der Waals surface area (Å²) >= 11 is 3.63. The molecule has 0 amide bonds. The van der Waals surface area contributed by atoms with Gasteiger partial charge < -0.3 is 5.32 Å². The van der Waals surface area contributed by atoms with Gasteiger partial charge >= 0.3 is 0 Å². The maximum atomic E-state index is 3.63. The molecule has 1 fully saturated rings. The lowest BCUT2D eigenvalue weighted by molar-refractivity contribution is 0.515. The van der Waals surface area contributed by atoms with E-state index in [0.717, 1.165) is 0 Å². The Bertz CT molecular complexity index is 636. The molecule has 0 aromatic heterocycles. The molecule has 21 heavy (non-hydrogen) atoms. The Morgan fingerprint density at radius 1 is 1.10 bits per heavy atom. The maximum absolute atomic E-state index is 3.63. The molecule has 1 aliphatic carbocycles. The average molecular weight is 344 g/mol. The fourth-order valence-electron chi connectivity index (χ4n) is 3.41. The number of hydrogen-bond acceptors (Lipinski definition) is 1. The minimum atomic E-state index is 0.446. The highest BCUT2D eigenvalue weighted by Crippen LogP contribution is 2.54. The zero-order valence-electron chi connectivity index (χ0n) is 12.9. The molecule has 3 unspecified atom stereocenters. The van der Waals surface area contributed by atoms with Crippen LogP contribution in [0.25, 0.3) is 0 Å². The van der Waals surface area contributed by atoms with Gasteiger partial charge in [0.1, 0.15) is 0 Å². The third-order valence-corrected chi connectivity index (χ3v) is 5.54. The van der Waals surface area contributed by atoms with Gasteiger partial charge in [-0.2, -0.15) is 0 Å². The first-order valence-electron chi connectivity index (χ1n) is 7.60. The average Bonchev–Trinajstić information content (AvgIpc) is 3.26. The molecule has 0 saturated heterocycles. The molecular weight excluding hydrogens is 322 g/mol. The van der Waals surface area contributed by atoms with Gasteiger partial charge in [-0.3, -0.25) is 0 Å². The quantitative estimate of drug-likeness (QED) is 0.811. The smallest absolute Gasteiger partial charge is 0.0354 e. The first-order chi connectivity index (χ1) is 10.1. The van der Waals surface area contributed by atoms with Gasteiger partial charge in [-0.15, -0.1) is 0 Å². The summed E-state index contributed by atoms with van der Waals surface area (Å²) in [5.41, 5.74) is 5.61. The summed E-state index contributed by atoms with van der Waals surface area (Å²) in [5.74, 6) is 1.41. The molecule has 3 rings (SSSR count). The topological polar surface area (TPSA) is 12.0 Å². The van der Waals surface area contributed by atoms with Crippen molar-refractivity contribution in [1.29, 1.82) is 0 Å². The van der Waals surface area contributed by atoms with Crippen molar-refractivity contribution in [1.82, 2.24) is 5.32 Å². The van der Waals surface area contributed by atoms with Crippen molar-refractivity contribution >= 4 is 15.9 Å². The molecule has 1 aliphatic rings. The molecule has 2 heteroatoms. The number of rotatable bonds is 4. The molecule has 3 atom stereocenters. The second-order valence-corrected chi connectivity index (χ2v) is 7.00. The van der Waals surface area contributed by atoms with Gasteiger partial charge in [-0.1, -0.05) is 52.3 Å². The third-order valence-electron chi connectivity index (χ3n) is 4.69. The van der Waals surface area contributed by atoms with Crippen LogP contribution in [-0.2, 0) is 0 Å². The van der Waals surface area contributed by atoms with Crippen molar-refractivity contribution in [2.45, 2.75) is 32.2 Å². The minimum Gasteiger partial charge on any atom is -0.313 e. The van der Waals surface area contributed by atoms with Crippen LogP contribution < -0.4 is 5.32 Å². The standard InChI is InChI=1S/C19H22BrN/c1-12-10-18(20)13(2)9-15(12)19(21-3)17-11-16(17)14-7-5-4-6-8-14/h4-10,16-17,19,21H,11H2,1-3H3. The number of halogens is 1. The van der Waals surface area contributed by atoms with E-state index in [0.29, 0.717) is 17.9 Å². The van der Waals surface area contributed by atoms with Gasteiger partial charge in [0.25, 0.3) is 0 Å². The molecule has 0 aliphatic heterocycles. The fraction of sp³-hybridized carbons (Fsp3) is 0.368. The molecule has 1 nitrogen and oxygen atoms in total. The Kier molecular flexibility index (Phi) is 4.19. The monoisotopic (exact) mass is 343 g/mol. The predicted molar refractivity (Wildman–Crippen MR) is 92.7 cm³/mol. The zero-order chi connectivity index (χ0) is 15.0. The van der Waals surface area contributed by atoms with Gasteiger partial charge in [-0.25, -0.2) is 0 Å². The lowest BCUT2D eigenvalue weighted by Crippen LogP contribution is -2.20. The highest BCUT2D eigenvalue weighted by Gasteiger charge is 2.44. The van der Waals surface area contributed by atoms with E-state index in [4.69, 9.17) is 0 Å². The molecule has 2 aromatic rings. The first kappa shape index (κ1) is 14.8. The molecule has 0 heterocycles. The van der Waals surface area contributed by atoms with Crippen LogP contribution in [0.1, 0.15) is 40.6 Å². The molecule has 110 valence electrons. The van der Waals surface area contributed by atoms with Crippen molar-refractivity contribution in [3.63, 3.8) is 0 Å². The number of aryl methyl sites for hydroxylation is 2. The molecule has 0 radical (unpaired) electrons. The minimum absolute atomic E-state index is 0.446. The summed E-state index contributed by atoms with van der Waals surface area (Å²) in [5, 5.41) is 3.55. The van der Waals surface area contributed by atoms with Crippen molar-refractivity contribution < 1.29 is 0 Å². The molecule has 1 N–H and O–H groups in total. The van der Waals surface area contributed by atoms with Crippen LogP contribution in [0.2, 0.25) is 0 Å². The number of nitrogens with one attached hydrogen (secondary N) is 1. The van der Waals surface area contributed by atoms with Crippen molar-refractivity contribution in [2.24, 2.45) is 5.92 Å². The van der Waals surface area contributed by atoms with Crippen molar-refractivity contribution in [3.8, 4) is 0 Å². The summed E-state index contributed by atoms with van der Waals surface area (Å²) in [7, 11) is 2.09. The van der Waals surface area contributed by atoms with E-state index in [9.17, 15) is 0 Å². The lowest BCUT2D eigenvalue weighted by atomic mass is 9.94. The Morgan fingerprint density at radius 3 is 2.48 bits per heavy atom. The normalized spacial score (nSPS) is 22.1. The second-order valence-electron chi connectivity index (χ2n) is 6.14. The van der Waals surface area contributed by atoms with E-state index in [1.165, 1.54) is 33.1 Å². The third kappa shape index (κ3) is 2.93. The summed E-state index contributed by atoms with van der Waals surface area (Å²) in [4.78, 5) is 0. The second kappa shape index (κ2) is 5.94. The van der Waals surface area contributed by atoms with Gasteiger partial charge in [0, 0.05) is 10.5 Å². The number of hydrogen-bond donors (Lipinski definition) is 1. The van der Waals surface area contributed by atoms with E-state index in [-0.39, 0.29) is 0 Å². The van der Waals surface area contributed by atoms with Crippen molar-refractivity contribution in [2.75, 3.05) is 7.05 Å². The van der Waals surface area contributed by atoms with Crippen LogP contribution in [-0.4, -0.2) is 7.05 Å². The molecule has 2 aromatic carbocycles. The van der Waals surface area contributed by atoms with E-state index in [1.54, 1.807) is 0 Å². The van der Waals surface area contributed by atoms with Crippen LogP contribution in [0.5, 0.6) is 0 Å². The van der Waals surface area contributed by atoms with E-state index in [2.05, 4.69) is 84.6 Å². The van der Waals surface area contributed by atoms with E-state index >= 15 is 0 Å². The van der Waals surface area contributed by atoms with Crippen molar-refractivity contribution in [3.05, 3.63) is 69.2 Å². The largest absolute Gasteiger partial charge is 0.313 e. The zero-order valence-corrected chi connectivity index (χ0v) is 14.4. The maximum Gasteiger partial charge on any atom is 0.0354 e. The van der Waals surface area contributed by atoms with Gasteiger partial charge in [-0.05, 0) is 67.5 Å². The van der Waals surface area contributed by atoms with E-state index < -0.39 is 0 Å². The summed E-state index contributed by atoms with van der Waals surface area (Å²) < 4.78 is 1.20. The summed E-state index contributed by atoms with van der Waals surface area (Å²) in [6.45, 7) is 4.38. The molecule has 0 bridgehead atoms. The molecule has 1 saturated carbocycles. The van der Waals surface area contributed by atoms with Crippen LogP contribution in [0, 0.1) is 19.8 Å². The molecular formula is C19H22BrN. The highest BCUT2D eigenvalue weighted by atomic mass is 79.9. The van der Waals surface area contributed by atoms with Gasteiger partial charge in [0.15, 0.2) is 0 Å². The van der Waals surface area contributed by atoms with Gasteiger partial charge in [0.2, 0.25) is 0 Å². The van der Waals surface area contributed by atoms with E-state index in [1.807, 2.05) is 0 Å². The lowest BCUT2D eigenvalue weighted by Gasteiger charge is -2.20. The molecule has 0 spiro atoms. The Hall–Kier alpha value is -1.12. The number of benzene rings is 2. The summed E-state index contributed by atoms with van der Waals surface area (Å²) in [6.07, 6.45) is 1.28. The van der Waals surface area contributed by atoms with Crippen LogP contribution >= 0.6 is 15.9 Å².